The Morgan fingerprint density at radius 1 is 1.38 bits per heavy atom. The van der Waals surface area contributed by atoms with E-state index in [0.29, 0.717) is 0 Å². The number of halogens is 1. The van der Waals surface area contributed by atoms with Crippen molar-refractivity contribution in [2.24, 2.45) is 5.92 Å². The van der Waals surface area contributed by atoms with Crippen LogP contribution in [0.25, 0.3) is 0 Å². The molecule has 0 bridgehead atoms. The van der Waals surface area contributed by atoms with E-state index < -0.39 is 5.97 Å². The van der Waals surface area contributed by atoms with E-state index in [1.54, 1.807) is 0 Å². The van der Waals surface area contributed by atoms with E-state index in [-0.39, 0.29) is 11.2 Å². The predicted octanol–water partition coefficient (Wildman–Crippen LogP) is 3.79. The van der Waals surface area contributed by atoms with Crippen LogP contribution in [0.1, 0.15) is 19.4 Å². The molecule has 1 rings (SSSR count). The SMILES string of the molecule is CC(C)C(SCc1ccc(Br)cc1)C(=O)O. The maximum atomic E-state index is 11.0. The number of carbonyl (C=O) groups is 1. The molecule has 1 atom stereocenters. The normalized spacial score (nSPS) is 12.8. The smallest absolute Gasteiger partial charge is 0.316 e. The third-order valence-electron chi connectivity index (χ3n) is 2.19. The van der Waals surface area contributed by atoms with Crippen LogP contribution in [-0.2, 0) is 10.5 Å². The highest BCUT2D eigenvalue weighted by molar-refractivity contribution is 9.10. The number of carboxylic acids is 1. The summed E-state index contributed by atoms with van der Waals surface area (Å²) >= 11 is 4.85. The van der Waals surface area contributed by atoms with Crippen LogP contribution in [0, 0.1) is 5.92 Å². The summed E-state index contributed by atoms with van der Waals surface area (Å²) in [5.74, 6) is 0.165. The van der Waals surface area contributed by atoms with Crippen LogP contribution < -0.4 is 0 Å². The molecule has 1 unspecified atom stereocenters. The van der Waals surface area contributed by atoms with Crippen LogP contribution in [0.4, 0.5) is 0 Å². The highest BCUT2D eigenvalue weighted by atomic mass is 79.9. The molecule has 4 heteroatoms. The van der Waals surface area contributed by atoms with E-state index in [9.17, 15) is 4.79 Å². The summed E-state index contributed by atoms with van der Waals surface area (Å²) in [6, 6.07) is 7.97. The zero-order valence-electron chi connectivity index (χ0n) is 9.31. The van der Waals surface area contributed by atoms with E-state index >= 15 is 0 Å². The summed E-state index contributed by atoms with van der Waals surface area (Å²) in [5, 5.41) is 8.71. The highest BCUT2D eigenvalue weighted by Crippen LogP contribution is 2.24. The van der Waals surface area contributed by atoms with Crippen molar-refractivity contribution in [3.63, 3.8) is 0 Å². The molecule has 0 radical (unpaired) electrons. The molecular formula is C12H15BrO2S. The molecule has 1 aromatic carbocycles. The lowest BCUT2D eigenvalue weighted by Gasteiger charge is -2.15. The van der Waals surface area contributed by atoms with Gasteiger partial charge in [0.2, 0.25) is 0 Å². The molecule has 0 aliphatic rings. The Kier molecular flexibility index (Phi) is 5.35. The molecule has 16 heavy (non-hydrogen) atoms. The molecular weight excluding hydrogens is 288 g/mol. The van der Waals surface area contributed by atoms with Crippen LogP contribution >= 0.6 is 27.7 Å². The van der Waals surface area contributed by atoms with Crippen molar-refractivity contribution < 1.29 is 9.90 Å². The Morgan fingerprint density at radius 2 is 1.94 bits per heavy atom. The van der Waals surface area contributed by atoms with Gasteiger partial charge in [-0.2, -0.15) is 0 Å². The van der Waals surface area contributed by atoms with Crippen molar-refractivity contribution in [1.82, 2.24) is 0 Å². The zero-order chi connectivity index (χ0) is 12.1. The topological polar surface area (TPSA) is 37.3 Å². The van der Waals surface area contributed by atoms with Crippen LogP contribution in [0.5, 0.6) is 0 Å². The molecule has 0 aliphatic carbocycles. The van der Waals surface area contributed by atoms with Crippen molar-refractivity contribution in [2.75, 3.05) is 0 Å². The standard InChI is InChI=1S/C12H15BrO2S/c1-8(2)11(12(14)15)16-7-9-3-5-10(13)6-4-9/h3-6,8,11H,7H2,1-2H3,(H,14,15). The van der Waals surface area contributed by atoms with Gasteiger partial charge in [-0.05, 0) is 23.6 Å². The number of benzene rings is 1. The first-order valence-corrected chi connectivity index (χ1v) is 6.93. The lowest BCUT2D eigenvalue weighted by molar-refractivity contribution is -0.137. The summed E-state index contributed by atoms with van der Waals surface area (Å²) in [7, 11) is 0. The summed E-state index contributed by atoms with van der Waals surface area (Å²) in [5.41, 5.74) is 1.15. The molecule has 0 heterocycles. The Balaban J connectivity index is 2.55. The minimum atomic E-state index is -0.725. The molecule has 88 valence electrons. The molecule has 0 aromatic heterocycles. The Bertz CT molecular complexity index is 349. The van der Waals surface area contributed by atoms with Crippen molar-refractivity contribution in [3.8, 4) is 0 Å². The first-order chi connectivity index (χ1) is 7.50. The molecule has 1 N–H and O–H groups in total. The van der Waals surface area contributed by atoms with Crippen molar-refractivity contribution in [3.05, 3.63) is 34.3 Å². The zero-order valence-corrected chi connectivity index (χ0v) is 11.7. The Morgan fingerprint density at radius 3 is 2.38 bits per heavy atom. The van der Waals surface area contributed by atoms with E-state index in [1.807, 2.05) is 38.1 Å². The van der Waals surface area contributed by atoms with Gasteiger partial charge in [-0.25, -0.2) is 0 Å². The van der Waals surface area contributed by atoms with Gasteiger partial charge in [-0.3, -0.25) is 4.79 Å². The quantitative estimate of drug-likeness (QED) is 0.899. The fourth-order valence-corrected chi connectivity index (χ4v) is 2.67. The monoisotopic (exact) mass is 302 g/mol. The number of rotatable bonds is 5. The van der Waals surface area contributed by atoms with Crippen molar-refractivity contribution >= 4 is 33.7 Å². The number of aliphatic carboxylic acids is 1. The minimum Gasteiger partial charge on any atom is -0.480 e. The van der Waals surface area contributed by atoms with Crippen molar-refractivity contribution in [1.29, 1.82) is 0 Å². The molecule has 0 saturated carbocycles. The second-order valence-electron chi connectivity index (χ2n) is 3.94. The van der Waals surface area contributed by atoms with Gasteiger partial charge in [-0.1, -0.05) is 41.9 Å². The summed E-state index contributed by atoms with van der Waals surface area (Å²) in [4.78, 5) is 11.0. The second-order valence-corrected chi connectivity index (χ2v) is 5.99. The van der Waals surface area contributed by atoms with E-state index in [1.165, 1.54) is 11.8 Å². The largest absolute Gasteiger partial charge is 0.480 e. The molecule has 1 aromatic rings. The van der Waals surface area contributed by atoms with Gasteiger partial charge < -0.3 is 5.11 Å². The summed E-state index contributed by atoms with van der Waals surface area (Å²) in [6.07, 6.45) is 0. The highest BCUT2D eigenvalue weighted by Gasteiger charge is 2.21. The number of hydrogen-bond acceptors (Lipinski definition) is 2. The molecule has 0 fully saturated rings. The van der Waals surface area contributed by atoms with Crippen LogP contribution in [0.2, 0.25) is 0 Å². The first kappa shape index (κ1) is 13.6. The third-order valence-corrected chi connectivity index (χ3v) is 4.33. The molecule has 0 spiro atoms. The Hall–Kier alpha value is -0.480. The molecule has 2 nitrogen and oxygen atoms in total. The van der Waals surface area contributed by atoms with Crippen LogP contribution in [0.15, 0.2) is 28.7 Å². The fourth-order valence-electron chi connectivity index (χ4n) is 1.32. The average Bonchev–Trinajstić information content (AvgIpc) is 2.20. The maximum Gasteiger partial charge on any atom is 0.316 e. The second kappa shape index (κ2) is 6.30. The lowest BCUT2D eigenvalue weighted by atomic mass is 10.1. The van der Waals surface area contributed by atoms with E-state index in [4.69, 9.17) is 5.11 Å². The number of thioether (sulfide) groups is 1. The van der Waals surface area contributed by atoms with Gasteiger partial charge in [-0.15, -0.1) is 11.8 Å². The van der Waals surface area contributed by atoms with Crippen molar-refractivity contribution in [2.45, 2.75) is 24.9 Å². The van der Waals surface area contributed by atoms with Gasteiger partial charge in [0.15, 0.2) is 0 Å². The molecule has 0 aliphatic heterocycles. The van der Waals surface area contributed by atoms with Gasteiger partial charge in [0.05, 0.1) is 0 Å². The third kappa shape index (κ3) is 4.18. The number of hydrogen-bond donors (Lipinski definition) is 1. The molecule has 0 amide bonds. The van der Waals surface area contributed by atoms with E-state index in [0.717, 1.165) is 15.8 Å². The predicted molar refractivity (Wildman–Crippen MR) is 71.7 cm³/mol. The average molecular weight is 303 g/mol. The molecule has 0 saturated heterocycles. The maximum absolute atomic E-state index is 11.0. The fraction of sp³-hybridized carbons (Fsp3) is 0.417. The summed E-state index contributed by atoms with van der Waals surface area (Å²) in [6.45, 7) is 3.88. The summed E-state index contributed by atoms with van der Waals surface area (Å²) < 4.78 is 1.04. The van der Waals surface area contributed by atoms with Gasteiger partial charge >= 0.3 is 5.97 Å². The lowest BCUT2D eigenvalue weighted by Crippen LogP contribution is -2.22. The van der Waals surface area contributed by atoms with Crippen LogP contribution in [-0.4, -0.2) is 16.3 Å². The van der Waals surface area contributed by atoms with Gasteiger partial charge in [0.25, 0.3) is 0 Å². The minimum absolute atomic E-state index is 0.151. The first-order valence-electron chi connectivity index (χ1n) is 5.09. The Labute approximate surface area is 109 Å². The van der Waals surface area contributed by atoms with Gasteiger partial charge in [0, 0.05) is 10.2 Å². The van der Waals surface area contributed by atoms with E-state index in [2.05, 4.69) is 15.9 Å². The number of carboxylic acid groups (broad SMARTS) is 1. The van der Waals surface area contributed by atoms with Crippen LogP contribution in [0.3, 0.4) is 0 Å². The van der Waals surface area contributed by atoms with Gasteiger partial charge in [0.1, 0.15) is 5.25 Å².